The molecule has 0 spiro atoms. The maximum Gasteiger partial charge on any atom is 0.259 e. The quantitative estimate of drug-likeness (QED) is 0.506. The minimum Gasteiger partial charge on any atom is -0.311 e. The van der Waals surface area contributed by atoms with E-state index in [9.17, 15) is 4.79 Å². The number of likely N-dealkylation sites (N-methyl/N-ethyl adjacent to an activating group) is 1. The van der Waals surface area contributed by atoms with Crippen LogP contribution in [0.3, 0.4) is 0 Å². The van der Waals surface area contributed by atoms with E-state index in [1.54, 1.807) is 14.0 Å². The van der Waals surface area contributed by atoms with Crippen LogP contribution in [0.4, 0.5) is 0 Å². The molecule has 0 aromatic carbocycles. The van der Waals surface area contributed by atoms with Gasteiger partial charge in [-0.25, -0.2) is 4.99 Å². The molecule has 0 aromatic rings. The number of hydrogen-bond donors (Lipinski definition) is 1. The number of nitrogens with zero attached hydrogens (tertiary/aromatic N) is 1. The maximum absolute atomic E-state index is 10.4. The largest absolute Gasteiger partial charge is 0.311 e. The highest BCUT2D eigenvalue weighted by molar-refractivity contribution is 5.85. The fraction of sp³-hybridized carbons (Fsp3) is 0.600. The third-order valence-corrected chi connectivity index (χ3v) is 0.601. The standard InChI is InChI=1S/C5H10N2O/c1-3-7-5(8)4-6-2/h3,6H,4H2,1-2H3/b7-3+. The summed E-state index contributed by atoms with van der Waals surface area (Å²) in [7, 11) is 1.71. The first kappa shape index (κ1) is 7.30. The van der Waals surface area contributed by atoms with E-state index in [1.165, 1.54) is 6.21 Å². The third kappa shape index (κ3) is 3.49. The van der Waals surface area contributed by atoms with Gasteiger partial charge in [-0.05, 0) is 14.0 Å². The van der Waals surface area contributed by atoms with E-state index in [4.69, 9.17) is 0 Å². The summed E-state index contributed by atoms with van der Waals surface area (Å²) in [4.78, 5) is 13.9. The van der Waals surface area contributed by atoms with Gasteiger partial charge in [0.05, 0.1) is 6.54 Å². The molecule has 0 aliphatic rings. The Morgan fingerprint density at radius 1 is 1.88 bits per heavy atom. The Bertz CT molecular complexity index is 98.6. The number of aliphatic imine (C=N–C) groups is 1. The van der Waals surface area contributed by atoms with Gasteiger partial charge in [0.2, 0.25) is 0 Å². The van der Waals surface area contributed by atoms with E-state index in [-0.39, 0.29) is 5.91 Å². The van der Waals surface area contributed by atoms with Crippen LogP contribution in [0.15, 0.2) is 4.99 Å². The summed E-state index contributed by atoms with van der Waals surface area (Å²) in [6, 6.07) is 0. The van der Waals surface area contributed by atoms with E-state index >= 15 is 0 Å². The molecular weight excluding hydrogens is 104 g/mol. The number of carbonyl (C=O) groups excluding carboxylic acids is 1. The minimum absolute atomic E-state index is 0.130. The van der Waals surface area contributed by atoms with E-state index in [0.29, 0.717) is 6.54 Å². The molecule has 1 N–H and O–H groups in total. The van der Waals surface area contributed by atoms with Gasteiger partial charge in [0, 0.05) is 6.21 Å². The molecule has 8 heavy (non-hydrogen) atoms. The molecule has 0 radical (unpaired) electrons. The molecule has 0 unspecified atom stereocenters. The summed E-state index contributed by atoms with van der Waals surface area (Å²) in [5, 5.41) is 2.69. The first-order chi connectivity index (χ1) is 3.81. The monoisotopic (exact) mass is 114 g/mol. The fourth-order valence-corrected chi connectivity index (χ4v) is 0.341. The Kier molecular flexibility index (Phi) is 4.07. The van der Waals surface area contributed by atoms with E-state index in [2.05, 4.69) is 10.3 Å². The van der Waals surface area contributed by atoms with E-state index in [0.717, 1.165) is 0 Å². The summed E-state index contributed by atoms with van der Waals surface area (Å²) >= 11 is 0. The van der Waals surface area contributed by atoms with Crippen LogP contribution in [0.25, 0.3) is 0 Å². The smallest absolute Gasteiger partial charge is 0.259 e. The lowest BCUT2D eigenvalue weighted by molar-refractivity contribution is -0.116. The lowest BCUT2D eigenvalue weighted by Gasteiger charge is -1.87. The zero-order valence-electron chi connectivity index (χ0n) is 5.14. The lowest BCUT2D eigenvalue weighted by atomic mass is 10.6. The predicted molar refractivity (Wildman–Crippen MR) is 33.1 cm³/mol. The SMILES string of the molecule is C/C=N/C(=O)CNC. The molecule has 0 aliphatic carbocycles. The van der Waals surface area contributed by atoms with Gasteiger partial charge in [0.25, 0.3) is 5.91 Å². The number of amides is 1. The van der Waals surface area contributed by atoms with Gasteiger partial charge in [-0.2, -0.15) is 0 Å². The zero-order valence-corrected chi connectivity index (χ0v) is 5.14. The van der Waals surface area contributed by atoms with Crippen molar-refractivity contribution in [1.82, 2.24) is 5.32 Å². The highest BCUT2D eigenvalue weighted by atomic mass is 16.1. The van der Waals surface area contributed by atoms with Crippen LogP contribution >= 0.6 is 0 Å². The molecule has 0 saturated heterocycles. The maximum atomic E-state index is 10.4. The second-order valence-corrected chi connectivity index (χ2v) is 1.31. The van der Waals surface area contributed by atoms with Crippen LogP contribution in [0, 0.1) is 0 Å². The highest BCUT2D eigenvalue weighted by Crippen LogP contribution is 1.67. The number of carbonyl (C=O) groups is 1. The Morgan fingerprint density at radius 3 is 2.88 bits per heavy atom. The van der Waals surface area contributed by atoms with Crippen LogP contribution in [-0.2, 0) is 4.79 Å². The molecule has 0 heterocycles. The average Bonchev–Trinajstić information content (AvgIpc) is 1.68. The number of nitrogens with one attached hydrogen (secondary N) is 1. The molecule has 0 saturated carbocycles. The molecule has 0 aliphatic heterocycles. The highest BCUT2D eigenvalue weighted by Gasteiger charge is 1.89. The second kappa shape index (κ2) is 4.46. The first-order valence-electron chi connectivity index (χ1n) is 2.47. The van der Waals surface area contributed by atoms with Gasteiger partial charge in [-0.3, -0.25) is 4.79 Å². The summed E-state index contributed by atoms with van der Waals surface area (Å²) < 4.78 is 0. The van der Waals surface area contributed by atoms with Crippen LogP contribution in [0.5, 0.6) is 0 Å². The summed E-state index contributed by atoms with van der Waals surface area (Å²) in [6.45, 7) is 2.04. The Hall–Kier alpha value is -0.700. The molecule has 1 amide bonds. The minimum atomic E-state index is -0.130. The van der Waals surface area contributed by atoms with Crippen molar-refractivity contribution in [3.63, 3.8) is 0 Å². The van der Waals surface area contributed by atoms with Crippen LogP contribution < -0.4 is 5.32 Å². The molecule has 0 aromatic heterocycles. The van der Waals surface area contributed by atoms with Crippen LogP contribution in [-0.4, -0.2) is 25.7 Å². The lowest BCUT2D eigenvalue weighted by Crippen LogP contribution is -2.16. The van der Waals surface area contributed by atoms with Crippen molar-refractivity contribution >= 4 is 12.1 Å². The van der Waals surface area contributed by atoms with Gasteiger partial charge < -0.3 is 5.32 Å². The number of hydrogen-bond acceptors (Lipinski definition) is 2. The normalized spacial score (nSPS) is 10.2. The van der Waals surface area contributed by atoms with Gasteiger partial charge in [0.1, 0.15) is 0 Å². The van der Waals surface area contributed by atoms with Gasteiger partial charge >= 0.3 is 0 Å². The molecule has 0 fully saturated rings. The van der Waals surface area contributed by atoms with E-state index < -0.39 is 0 Å². The fourth-order valence-electron chi connectivity index (χ4n) is 0.341. The van der Waals surface area contributed by atoms with E-state index in [1.807, 2.05) is 0 Å². The summed E-state index contributed by atoms with van der Waals surface area (Å²) in [6.07, 6.45) is 1.49. The molecule has 3 heteroatoms. The van der Waals surface area contributed by atoms with Crippen molar-refractivity contribution in [2.24, 2.45) is 4.99 Å². The van der Waals surface area contributed by atoms with Gasteiger partial charge in [0.15, 0.2) is 0 Å². The van der Waals surface area contributed by atoms with Crippen molar-refractivity contribution in [1.29, 1.82) is 0 Å². The van der Waals surface area contributed by atoms with Crippen LogP contribution in [0.1, 0.15) is 6.92 Å². The van der Waals surface area contributed by atoms with Gasteiger partial charge in [-0.15, -0.1) is 0 Å². The molecule has 3 nitrogen and oxygen atoms in total. The van der Waals surface area contributed by atoms with Crippen molar-refractivity contribution in [3.05, 3.63) is 0 Å². The predicted octanol–water partition coefficient (Wildman–Crippen LogP) is -0.177. The Morgan fingerprint density at radius 2 is 2.50 bits per heavy atom. The summed E-state index contributed by atoms with van der Waals surface area (Å²) in [5.74, 6) is -0.130. The van der Waals surface area contributed by atoms with Crippen molar-refractivity contribution in [2.75, 3.05) is 13.6 Å². The zero-order chi connectivity index (χ0) is 6.41. The molecule has 0 bridgehead atoms. The first-order valence-corrected chi connectivity index (χ1v) is 2.47. The summed E-state index contributed by atoms with van der Waals surface area (Å²) in [5.41, 5.74) is 0. The van der Waals surface area contributed by atoms with Crippen molar-refractivity contribution in [2.45, 2.75) is 6.92 Å². The molecule has 0 atom stereocenters. The Labute approximate surface area is 48.8 Å². The van der Waals surface area contributed by atoms with Crippen molar-refractivity contribution in [3.8, 4) is 0 Å². The van der Waals surface area contributed by atoms with Crippen LogP contribution in [0.2, 0.25) is 0 Å². The third-order valence-electron chi connectivity index (χ3n) is 0.601. The number of rotatable bonds is 2. The average molecular weight is 114 g/mol. The topological polar surface area (TPSA) is 41.5 Å². The molecular formula is C5H10N2O. The molecule has 0 rings (SSSR count). The van der Waals surface area contributed by atoms with Crippen molar-refractivity contribution < 1.29 is 4.79 Å². The molecule has 46 valence electrons. The second-order valence-electron chi connectivity index (χ2n) is 1.31. The van der Waals surface area contributed by atoms with Gasteiger partial charge in [-0.1, -0.05) is 0 Å². The Balaban J connectivity index is 3.33.